The minimum absolute atomic E-state index is 0.0711. The zero-order valence-electron chi connectivity index (χ0n) is 15.6. The number of methoxy groups -OCH3 is 1. The summed E-state index contributed by atoms with van der Waals surface area (Å²) in [5.74, 6) is -0.291. The molecule has 154 valence electrons. The van der Waals surface area contributed by atoms with Gasteiger partial charge in [-0.3, -0.25) is 14.2 Å². The van der Waals surface area contributed by atoms with Crippen LogP contribution in [0.3, 0.4) is 0 Å². The van der Waals surface area contributed by atoms with Gasteiger partial charge in [-0.25, -0.2) is 9.59 Å². The second-order valence-corrected chi connectivity index (χ2v) is 7.11. The summed E-state index contributed by atoms with van der Waals surface area (Å²) in [4.78, 5) is 51.8. The molecule has 0 saturated carbocycles. The van der Waals surface area contributed by atoms with Gasteiger partial charge in [-0.1, -0.05) is 6.07 Å². The summed E-state index contributed by atoms with van der Waals surface area (Å²) in [6.45, 7) is 0.0313. The van der Waals surface area contributed by atoms with Crippen molar-refractivity contribution in [3.63, 3.8) is 0 Å². The van der Waals surface area contributed by atoms with Crippen molar-refractivity contribution >= 4 is 28.2 Å². The maximum Gasteiger partial charge on any atom is 0.340 e. The summed E-state index contributed by atoms with van der Waals surface area (Å²) in [6, 6.07) is 6.53. The molecule has 0 atom stereocenters. The first-order valence-electron chi connectivity index (χ1n) is 8.66. The fraction of sp³-hybridized carbons (Fsp3) is 0.158. The Morgan fingerprint density at radius 2 is 2.00 bits per heavy atom. The monoisotopic (exact) mass is 429 g/mol. The van der Waals surface area contributed by atoms with Gasteiger partial charge in [0.2, 0.25) is 6.79 Å². The third-order valence-corrected chi connectivity index (χ3v) is 5.21. The Kier molecular flexibility index (Phi) is 5.11. The lowest BCUT2D eigenvalue weighted by molar-refractivity contribution is 0.0602. The number of rotatable bonds is 5. The number of carbonyl (C=O) groups excluding carboxylic acids is 2. The molecule has 2 N–H and O–H groups in total. The van der Waals surface area contributed by atoms with Crippen molar-refractivity contribution in [2.75, 3.05) is 19.2 Å². The number of hydrogen-bond acceptors (Lipinski definition) is 8. The second-order valence-electron chi connectivity index (χ2n) is 6.20. The van der Waals surface area contributed by atoms with Gasteiger partial charge in [-0.2, -0.15) is 0 Å². The van der Waals surface area contributed by atoms with E-state index in [1.807, 2.05) is 0 Å². The Bertz CT molecular complexity index is 1260. The van der Waals surface area contributed by atoms with Crippen molar-refractivity contribution in [1.29, 1.82) is 0 Å². The number of esters is 1. The number of nitrogens with zero attached hydrogens (tertiary/aromatic N) is 1. The number of anilines is 1. The van der Waals surface area contributed by atoms with Crippen LogP contribution in [0.1, 0.15) is 26.3 Å². The molecule has 4 rings (SSSR count). The highest BCUT2D eigenvalue weighted by atomic mass is 32.1. The van der Waals surface area contributed by atoms with E-state index >= 15 is 0 Å². The van der Waals surface area contributed by atoms with Crippen LogP contribution >= 0.6 is 11.3 Å². The maximum atomic E-state index is 12.8. The lowest BCUT2D eigenvalue weighted by Crippen LogP contribution is -2.39. The maximum absolute atomic E-state index is 12.8. The van der Waals surface area contributed by atoms with Crippen LogP contribution in [0.15, 0.2) is 45.4 Å². The third kappa shape index (κ3) is 3.57. The van der Waals surface area contributed by atoms with E-state index in [4.69, 9.17) is 9.47 Å². The number of hydrogen-bond donors (Lipinski definition) is 2. The van der Waals surface area contributed by atoms with Crippen molar-refractivity contribution in [1.82, 2.24) is 9.55 Å². The van der Waals surface area contributed by atoms with E-state index in [-0.39, 0.29) is 29.5 Å². The number of fused-ring (bicyclic) bond motifs is 1. The van der Waals surface area contributed by atoms with E-state index in [1.165, 1.54) is 13.2 Å². The number of carbonyl (C=O) groups is 2. The Labute approximate surface area is 172 Å². The fourth-order valence-electron chi connectivity index (χ4n) is 2.89. The molecule has 0 unspecified atom stereocenters. The standard InChI is InChI=1S/C19H15N3O7S/c1-27-18(25)11-4-5-30-16(11)21-15(23)12-7-20-19(26)22(17(12)24)8-10-2-3-13-14(6-10)29-9-28-13/h2-7H,8-9H2,1H3,(H,20,26)(H,21,23). The fourth-order valence-corrected chi connectivity index (χ4v) is 3.66. The van der Waals surface area contributed by atoms with E-state index in [2.05, 4.69) is 15.0 Å². The predicted molar refractivity (Wildman–Crippen MR) is 107 cm³/mol. The summed E-state index contributed by atoms with van der Waals surface area (Å²) in [6.07, 6.45) is 1.04. The van der Waals surface area contributed by atoms with Gasteiger partial charge in [0.15, 0.2) is 11.5 Å². The van der Waals surface area contributed by atoms with Gasteiger partial charge in [-0.05, 0) is 29.1 Å². The summed E-state index contributed by atoms with van der Waals surface area (Å²) in [5, 5.41) is 4.35. The van der Waals surface area contributed by atoms with Crippen LogP contribution in [0.25, 0.3) is 0 Å². The van der Waals surface area contributed by atoms with Crippen LogP contribution in [0.4, 0.5) is 5.00 Å². The first kappa shape index (κ1) is 19.5. The van der Waals surface area contributed by atoms with E-state index in [1.54, 1.807) is 23.6 Å². The van der Waals surface area contributed by atoms with E-state index in [9.17, 15) is 19.2 Å². The topological polar surface area (TPSA) is 129 Å². The van der Waals surface area contributed by atoms with Crippen molar-refractivity contribution in [2.24, 2.45) is 0 Å². The molecule has 1 amide bonds. The quantitative estimate of drug-likeness (QED) is 0.587. The molecule has 0 radical (unpaired) electrons. The van der Waals surface area contributed by atoms with Gasteiger partial charge >= 0.3 is 11.7 Å². The summed E-state index contributed by atoms with van der Waals surface area (Å²) >= 11 is 1.10. The molecular formula is C19H15N3O7S. The molecule has 1 aliphatic heterocycles. The molecule has 0 saturated heterocycles. The summed E-state index contributed by atoms with van der Waals surface area (Å²) in [7, 11) is 1.22. The first-order valence-corrected chi connectivity index (χ1v) is 9.54. The molecule has 0 fully saturated rings. The van der Waals surface area contributed by atoms with Crippen LogP contribution in [0.5, 0.6) is 11.5 Å². The van der Waals surface area contributed by atoms with Gasteiger partial charge in [0.1, 0.15) is 10.6 Å². The average molecular weight is 429 g/mol. The van der Waals surface area contributed by atoms with Gasteiger partial charge in [0.05, 0.1) is 19.2 Å². The SMILES string of the molecule is COC(=O)c1ccsc1NC(=O)c1c[nH]c(=O)n(Cc2ccc3c(c2)OCO3)c1=O. The van der Waals surface area contributed by atoms with Gasteiger partial charge in [0.25, 0.3) is 11.5 Å². The van der Waals surface area contributed by atoms with E-state index in [0.717, 1.165) is 22.1 Å². The molecular weight excluding hydrogens is 414 g/mol. The highest BCUT2D eigenvalue weighted by Gasteiger charge is 2.20. The largest absolute Gasteiger partial charge is 0.465 e. The first-order chi connectivity index (χ1) is 14.5. The molecule has 30 heavy (non-hydrogen) atoms. The number of thiophene rings is 1. The Balaban J connectivity index is 1.62. The molecule has 2 aromatic heterocycles. The Morgan fingerprint density at radius 1 is 1.20 bits per heavy atom. The average Bonchev–Trinajstić information content (AvgIpc) is 3.39. The van der Waals surface area contributed by atoms with Crippen LogP contribution in [0, 0.1) is 0 Å². The Morgan fingerprint density at radius 3 is 2.80 bits per heavy atom. The molecule has 0 aliphatic carbocycles. The molecule has 11 heteroatoms. The molecule has 1 aromatic carbocycles. The Hall–Kier alpha value is -3.86. The third-order valence-electron chi connectivity index (χ3n) is 4.38. The van der Waals surface area contributed by atoms with Crippen molar-refractivity contribution < 1.29 is 23.8 Å². The number of amides is 1. The minimum atomic E-state index is -0.773. The molecule has 3 heterocycles. The van der Waals surface area contributed by atoms with Crippen LogP contribution in [-0.4, -0.2) is 35.3 Å². The minimum Gasteiger partial charge on any atom is -0.465 e. The lowest BCUT2D eigenvalue weighted by atomic mass is 10.2. The normalized spacial score (nSPS) is 11.9. The van der Waals surface area contributed by atoms with E-state index < -0.39 is 23.1 Å². The van der Waals surface area contributed by atoms with Crippen LogP contribution in [-0.2, 0) is 11.3 Å². The zero-order chi connectivity index (χ0) is 21.3. The number of aromatic nitrogens is 2. The number of nitrogens with one attached hydrogen (secondary N) is 2. The number of ether oxygens (including phenoxy) is 3. The highest BCUT2D eigenvalue weighted by Crippen LogP contribution is 2.32. The molecule has 0 bridgehead atoms. The molecule has 0 spiro atoms. The van der Waals surface area contributed by atoms with Gasteiger partial charge in [0, 0.05) is 6.20 Å². The van der Waals surface area contributed by atoms with Crippen molar-refractivity contribution in [3.05, 3.63) is 73.4 Å². The summed E-state index contributed by atoms with van der Waals surface area (Å²) < 4.78 is 16.1. The van der Waals surface area contributed by atoms with E-state index in [0.29, 0.717) is 17.1 Å². The van der Waals surface area contributed by atoms with Crippen LogP contribution < -0.4 is 26.0 Å². The smallest absolute Gasteiger partial charge is 0.340 e. The van der Waals surface area contributed by atoms with Gasteiger partial charge in [-0.15, -0.1) is 11.3 Å². The lowest BCUT2D eigenvalue weighted by Gasteiger charge is -2.09. The zero-order valence-corrected chi connectivity index (χ0v) is 16.4. The predicted octanol–water partition coefficient (Wildman–Crippen LogP) is 1.41. The highest BCUT2D eigenvalue weighted by molar-refractivity contribution is 7.14. The number of H-pyrrole nitrogens is 1. The number of benzene rings is 1. The molecule has 1 aliphatic rings. The molecule has 10 nitrogen and oxygen atoms in total. The van der Waals surface area contributed by atoms with Crippen LogP contribution in [0.2, 0.25) is 0 Å². The van der Waals surface area contributed by atoms with Crippen molar-refractivity contribution in [3.8, 4) is 11.5 Å². The summed E-state index contributed by atoms with van der Waals surface area (Å²) in [5.41, 5.74) is -0.929. The second kappa shape index (κ2) is 7.87. The van der Waals surface area contributed by atoms with Crippen molar-refractivity contribution in [2.45, 2.75) is 6.54 Å². The molecule has 3 aromatic rings. The van der Waals surface area contributed by atoms with Gasteiger partial charge < -0.3 is 24.5 Å². The number of aromatic amines is 1.